The van der Waals surface area contributed by atoms with E-state index in [1.807, 2.05) is 6.92 Å². The van der Waals surface area contributed by atoms with Crippen molar-refractivity contribution in [3.05, 3.63) is 0 Å². The highest BCUT2D eigenvalue weighted by Crippen LogP contribution is 2.07. The zero-order chi connectivity index (χ0) is 8.10. The van der Waals surface area contributed by atoms with Gasteiger partial charge in [0.05, 0.1) is 12.7 Å². The van der Waals surface area contributed by atoms with Gasteiger partial charge in [-0.05, 0) is 6.42 Å². The molecule has 64 valence electrons. The topological polar surface area (TPSA) is 38.3 Å². The van der Waals surface area contributed by atoms with Crippen LogP contribution in [-0.2, 0) is 9.53 Å². The van der Waals surface area contributed by atoms with Gasteiger partial charge in [-0.25, -0.2) is 0 Å². The normalized spacial score (nSPS) is 27.9. The van der Waals surface area contributed by atoms with Crippen molar-refractivity contribution in [1.29, 1.82) is 0 Å². The lowest BCUT2D eigenvalue weighted by molar-refractivity contribution is -0.112. The SMILES string of the molecule is CC(C=O)CC1CNCCO1. The summed E-state index contributed by atoms with van der Waals surface area (Å²) in [6, 6.07) is 0. The summed E-state index contributed by atoms with van der Waals surface area (Å²) >= 11 is 0. The Kier molecular flexibility index (Phi) is 3.52. The molecule has 11 heavy (non-hydrogen) atoms. The zero-order valence-corrected chi connectivity index (χ0v) is 6.88. The van der Waals surface area contributed by atoms with Crippen LogP contribution in [0.4, 0.5) is 0 Å². The van der Waals surface area contributed by atoms with Gasteiger partial charge in [-0.3, -0.25) is 0 Å². The molecule has 1 rings (SSSR count). The fourth-order valence-corrected chi connectivity index (χ4v) is 1.24. The molecule has 2 atom stereocenters. The molecule has 0 aromatic heterocycles. The van der Waals surface area contributed by atoms with Gasteiger partial charge in [0.2, 0.25) is 0 Å². The molecule has 0 aromatic rings. The summed E-state index contributed by atoms with van der Waals surface area (Å²) in [6.07, 6.45) is 2.07. The lowest BCUT2D eigenvalue weighted by Crippen LogP contribution is -2.39. The van der Waals surface area contributed by atoms with E-state index in [0.29, 0.717) is 0 Å². The highest BCUT2D eigenvalue weighted by molar-refractivity contribution is 5.52. The number of nitrogens with one attached hydrogen (secondary N) is 1. The Morgan fingerprint density at radius 1 is 1.82 bits per heavy atom. The highest BCUT2D eigenvalue weighted by atomic mass is 16.5. The summed E-state index contributed by atoms with van der Waals surface area (Å²) in [5.74, 6) is 0.125. The van der Waals surface area contributed by atoms with Crippen molar-refractivity contribution in [2.75, 3.05) is 19.7 Å². The first kappa shape index (κ1) is 8.68. The second-order valence-corrected chi connectivity index (χ2v) is 3.05. The van der Waals surface area contributed by atoms with Crippen LogP contribution in [0.1, 0.15) is 13.3 Å². The van der Waals surface area contributed by atoms with Gasteiger partial charge in [0.25, 0.3) is 0 Å². The molecule has 1 saturated heterocycles. The Morgan fingerprint density at radius 3 is 3.18 bits per heavy atom. The number of carbonyl (C=O) groups excluding carboxylic acids is 1. The van der Waals surface area contributed by atoms with Crippen molar-refractivity contribution < 1.29 is 9.53 Å². The van der Waals surface area contributed by atoms with Gasteiger partial charge in [-0.15, -0.1) is 0 Å². The van der Waals surface area contributed by atoms with Gasteiger partial charge in [0, 0.05) is 19.0 Å². The van der Waals surface area contributed by atoms with Crippen LogP contribution in [-0.4, -0.2) is 32.1 Å². The van der Waals surface area contributed by atoms with Crippen LogP contribution in [0, 0.1) is 5.92 Å². The molecular weight excluding hydrogens is 142 g/mol. The molecule has 2 unspecified atom stereocenters. The lowest BCUT2D eigenvalue weighted by atomic mass is 10.0. The third-order valence-electron chi connectivity index (χ3n) is 1.87. The molecule has 0 spiro atoms. The largest absolute Gasteiger partial charge is 0.376 e. The maximum absolute atomic E-state index is 10.3. The van der Waals surface area contributed by atoms with E-state index >= 15 is 0 Å². The molecule has 0 amide bonds. The number of hydrogen-bond donors (Lipinski definition) is 1. The summed E-state index contributed by atoms with van der Waals surface area (Å²) in [5.41, 5.74) is 0. The van der Waals surface area contributed by atoms with Crippen LogP contribution in [0.2, 0.25) is 0 Å². The van der Waals surface area contributed by atoms with Crippen molar-refractivity contribution in [2.24, 2.45) is 5.92 Å². The molecule has 0 saturated carbocycles. The highest BCUT2D eigenvalue weighted by Gasteiger charge is 2.15. The molecule has 0 aromatic carbocycles. The Bertz CT molecular complexity index is 121. The first-order valence-corrected chi connectivity index (χ1v) is 4.10. The van der Waals surface area contributed by atoms with E-state index in [0.717, 1.165) is 32.4 Å². The average molecular weight is 157 g/mol. The van der Waals surface area contributed by atoms with E-state index < -0.39 is 0 Å². The molecule has 1 N–H and O–H groups in total. The summed E-state index contributed by atoms with van der Waals surface area (Å²) < 4.78 is 5.43. The van der Waals surface area contributed by atoms with Crippen molar-refractivity contribution in [3.8, 4) is 0 Å². The minimum absolute atomic E-state index is 0.125. The van der Waals surface area contributed by atoms with Crippen molar-refractivity contribution in [1.82, 2.24) is 5.32 Å². The van der Waals surface area contributed by atoms with Crippen molar-refractivity contribution >= 4 is 6.29 Å². The van der Waals surface area contributed by atoms with Gasteiger partial charge in [-0.1, -0.05) is 6.92 Å². The first-order valence-electron chi connectivity index (χ1n) is 4.10. The maximum atomic E-state index is 10.3. The Labute approximate surface area is 67.1 Å². The van der Waals surface area contributed by atoms with Crippen LogP contribution in [0.15, 0.2) is 0 Å². The Balaban J connectivity index is 2.18. The molecule has 0 radical (unpaired) electrons. The second-order valence-electron chi connectivity index (χ2n) is 3.05. The fraction of sp³-hybridized carbons (Fsp3) is 0.875. The van der Waals surface area contributed by atoms with E-state index in [-0.39, 0.29) is 12.0 Å². The first-order chi connectivity index (χ1) is 5.33. The van der Waals surface area contributed by atoms with Crippen LogP contribution < -0.4 is 5.32 Å². The van der Waals surface area contributed by atoms with Crippen LogP contribution >= 0.6 is 0 Å². The number of aldehydes is 1. The van der Waals surface area contributed by atoms with E-state index in [2.05, 4.69) is 5.32 Å². The molecule has 0 aliphatic carbocycles. The molecular formula is C8H15NO2. The standard InChI is InChI=1S/C8H15NO2/c1-7(6-10)4-8-5-9-2-3-11-8/h6-9H,2-5H2,1H3. The Hall–Kier alpha value is -0.410. The van der Waals surface area contributed by atoms with Crippen molar-refractivity contribution in [2.45, 2.75) is 19.4 Å². The van der Waals surface area contributed by atoms with Crippen molar-refractivity contribution in [3.63, 3.8) is 0 Å². The van der Waals surface area contributed by atoms with Crippen LogP contribution in [0.5, 0.6) is 0 Å². The monoisotopic (exact) mass is 157 g/mol. The number of carbonyl (C=O) groups is 1. The minimum Gasteiger partial charge on any atom is -0.376 e. The number of morpholine rings is 1. The quantitative estimate of drug-likeness (QED) is 0.595. The van der Waals surface area contributed by atoms with Gasteiger partial charge < -0.3 is 14.8 Å². The van der Waals surface area contributed by atoms with E-state index in [4.69, 9.17) is 4.74 Å². The molecule has 1 aliphatic rings. The fourth-order valence-electron chi connectivity index (χ4n) is 1.24. The van der Waals surface area contributed by atoms with E-state index in [9.17, 15) is 4.79 Å². The van der Waals surface area contributed by atoms with Gasteiger partial charge in [0.15, 0.2) is 0 Å². The smallest absolute Gasteiger partial charge is 0.122 e. The third-order valence-corrected chi connectivity index (χ3v) is 1.87. The van der Waals surface area contributed by atoms with Crippen LogP contribution in [0.25, 0.3) is 0 Å². The van der Waals surface area contributed by atoms with Gasteiger partial charge >= 0.3 is 0 Å². The summed E-state index contributed by atoms with van der Waals surface area (Å²) in [5, 5.41) is 3.22. The molecule has 1 aliphatic heterocycles. The second kappa shape index (κ2) is 4.46. The summed E-state index contributed by atoms with van der Waals surface area (Å²) in [7, 11) is 0. The predicted molar refractivity (Wildman–Crippen MR) is 42.5 cm³/mol. The molecule has 1 fully saturated rings. The summed E-state index contributed by atoms with van der Waals surface area (Å²) in [6.45, 7) is 4.52. The van der Waals surface area contributed by atoms with Gasteiger partial charge in [-0.2, -0.15) is 0 Å². The summed E-state index contributed by atoms with van der Waals surface area (Å²) in [4.78, 5) is 10.3. The molecule has 0 bridgehead atoms. The minimum atomic E-state index is 0.125. The van der Waals surface area contributed by atoms with E-state index in [1.165, 1.54) is 0 Å². The zero-order valence-electron chi connectivity index (χ0n) is 6.88. The number of ether oxygens (including phenoxy) is 1. The number of rotatable bonds is 3. The average Bonchev–Trinajstić information content (AvgIpc) is 2.06. The molecule has 1 heterocycles. The molecule has 3 heteroatoms. The van der Waals surface area contributed by atoms with E-state index in [1.54, 1.807) is 0 Å². The van der Waals surface area contributed by atoms with Crippen LogP contribution in [0.3, 0.4) is 0 Å². The molecule has 3 nitrogen and oxygen atoms in total. The maximum Gasteiger partial charge on any atom is 0.122 e. The Morgan fingerprint density at radius 2 is 2.64 bits per heavy atom. The predicted octanol–water partition coefficient (Wildman–Crippen LogP) is 0.200. The third kappa shape index (κ3) is 2.99. The lowest BCUT2D eigenvalue weighted by Gasteiger charge is -2.24. The number of hydrogen-bond acceptors (Lipinski definition) is 3. The van der Waals surface area contributed by atoms with Gasteiger partial charge in [0.1, 0.15) is 6.29 Å².